The van der Waals surface area contributed by atoms with Gasteiger partial charge in [-0.05, 0) is 30.0 Å². The second-order valence-corrected chi connectivity index (χ2v) is 4.12. The van der Waals surface area contributed by atoms with Gasteiger partial charge >= 0.3 is 5.51 Å². The maximum atomic E-state index is 12.0. The quantitative estimate of drug-likeness (QED) is 0.626. The Balaban J connectivity index is 2.87. The first kappa shape index (κ1) is 12.7. The van der Waals surface area contributed by atoms with Crippen molar-refractivity contribution < 1.29 is 18.0 Å². The lowest BCUT2D eigenvalue weighted by molar-refractivity contribution is -0.114. The molecule has 0 aliphatic rings. The monoisotopic (exact) mass is 250 g/mol. The van der Waals surface area contributed by atoms with Gasteiger partial charge in [-0.2, -0.15) is 13.2 Å². The number of halogens is 3. The average molecular weight is 250 g/mol. The van der Waals surface area contributed by atoms with Gasteiger partial charge < -0.3 is 11.1 Å². The highest BCUT2D eigenvalue weighted by Crippen LogP contribution is 2.38. The molecule has 3 N–H and O–H groups in total. The van der Waals surface area contributed by atoms with Crippen LogP contribution in [0.25, 0.3) is 0 Å². The molecule has 0 heterocycles. The Labute approximate surface area is 94.2 Å². The summed E-state index contributed by atoms with van der Waals surface area (Å²) >= 11 is -0.250. The number of carbonyl (C=O) groups excluding carboxylic acids is 1. The third-order valence-corrected chi connectivity index (χ3v) is 2.29. The van der Waals surface area contributed by atoms with Crippen molar-refractivity contribution in [3.8, 4) is 0 Å². The van der Waals surface area contributed by atoms with Crippen LogP contribution in [0.3, 0.4) is 0 Å². The number of benzene rings is 1. The number of amides is 1. The van der Waals surface area contributed by atoms with Gasteiger partial charge in [0.2, 0.25) is 5.91 Å². The molecule has 1 rings (SSSR count). The Morgan fingerprint density at radius 1 is 1.44 bits per heavy atom. The number of nitrogens with one attached hydrogen (secondary N) is 1. The van der Waals surface area contributed by atoms with Crippen molar-refractivity contribution in [2.45, 2.75) is 17.3 Å². The molecule has 0 atom stereocenters. The molecule has 0 aromatic heterocycles. The second kappa shape index (κ2) is 4.65. The van der Waals surface area contributed by atoms with Gasteiger partial charge in [-0.3, -0.25) is 4.79 Å². The lowest BCUT2D eigenvalue weighted by Gasteiger charge is -2.09. The van der Waals surface area contributed by atoms with Gasteiger partial charge in [-0.15, -0.1) is 0 Å². The van der Waals surface area contributed by atoms with E-state index in [9.17, 15) is 18.0 Å². The highest BCUT2D eigenvalue weighted by atomic mass is 32.2. The molecule has 3 nitrogen and oxygen atoms in total. The molecule has 88 valence electrons. The van der Waals surface area contributed by atoms with E-state index in [2.05, 4.69) is 5.32 Å². The molecule has 0 spiro atoms. The van der Waals surface area contributed by atoms with E-state index in [1.807, 2.05) is 0 Å². The van der Waals surface area contributed by atoms with Crippen molar-refractivity contribution in [2.75, 3.05) is 11.1 Å². The normalized spacial score (nSPS) is 11.2. The van der Waals surface area contributed by atoms with Crippen LogP contribution in [0.1, 0.15) is 6.92 Å². The molecule has 1 aromatic rings. The predicted octanol–water partition coefficient (Wildman–Crippen LogP) is 2.84. The largest absolute Gasteiger partial charge is 0.446 e. The lowest BCUT2D eigenvalue weighted by Crippen LogP contribution is -2.08. The fourth-order valence-electron chi connectivity index (χ4n) is 1.04. The maximum Gasteiger partial charge on any atom is 0.446 e. The molecule has 0 aliphatic carbocycles. The number of rotatable bonds is 2. The molecule has 16 heavy (non-hydrogen) atoms. The number of anilines is 2. The third kappa shape index (κ3) is 4.01. The molecule has 0 radical (unpaired) electrons. The van der Waals surface area contributed by atoms with E-state index in [1.165, 1.54) is 25.1 Å². The smallest absolute Gasteiger partial charge is 0.397 e. The minimum Gasteiger partial charge on any atom is -0.397 e. The van der Waals surface area contributed by atoms with Gasteiger partial charge in [-0.1, -0.05) is 0 Å². The zero-order chi connectivity index (χ0) is 12.3. The zero-order valence-corrected chi connectivity index (χ0v) is 9.08. The summed E-state index contributed by atoms with van der Waals surface area (Å²) in [5.74, 6) is -0.331. The van der Waals surface area contributed by atoms with Crippen LogP contribution in [0.2, 0.25) is 0 Å². The van der Waals surface area contributed by atoms with Crippen molar-refractivity contribution in [3.05, 3.63) is 18.2 Å². The number of hydrogen-bond acceptors (Lipinski definition) is 3. The summed E-state index contributed by atoms with van der Waals surface area (Å²) in [5.41, 5.74) is 1.55. The highest BCUT2D eigenvalue weighted by molar-refractivity contribution is 8.00. The minimum atomic E-state index is -4.35. The third-order valence-electron chi connectivity index (χ3n) is 1.57. The van der Waals surface area contributed by atoms with E-state index < -0.39 is 5.51 Å². The number of alkyl halides is 3. The van der Waals surface area contributed by atoms with Crippen molar-refractivity contribution in [1.82, 2.24) is 0 Å². The van der Waals surface area contributed by atoms with Crippen LogP contribution < -0.4 is 11.1 Å². The molecule has 0 unspecified atom stereocenters. The minimum absolute atomic E-state index is 0.0147. The molecular weight excluding hydrogens is 241 g/mol. The zero-order valence-electron chi connectivity index (χ0n) is 8.26. The summed E-state index contributed by atoms with van der Waals surface area (Å²) < 4.78 is 36.1. The van der Waals surface area contributed by atoms with Crippen molar-refractivity contribution in [3.63, 3.8) is 0 Å². The molecule has 0 fully saturated rings. The van der Waals surface area contributed by atoms with Crippen LogP contribution in [-0.2, 0) is 4.79 Å². The van der Waals surface area contributed by atoms with Crippen LogP contribution in [0, 0.1) is 0 Å². The fraction of sp³-hybridized carbons (Fsp3) is 0.222. The summed E-state index contributed by atoms with van der Waals surface area (Å²) in [4.78, 5) is 10.7. The van der Waals surface area contributed by atoms with Crippen LogP contribution in [-0.4, -0.2) is 11.4 Å². The number of hydrogen-bond donors (Lipinski definition) is 2. The first-order chi connectivity index (χ1) is 7.28. The molecule has 7 heteroatoms. The standard InChI is InChI=1S/C9H9F3N2OS/c1-5(15)14-8-3-2-6(4-7(8)13)16-9(10,11)12/h2-4H,13H2,1H3,(H,14,15). The topological polar surface area (TPSA) is 55.1 Å². The van der Waals surface area contributed by atoms with E-state index in [4.69, 9.17) is 5.73 Å². The van der Waals surface area contributed by atoms with Crippen LogP contribution >= 0.6 is 11.8 Å². The molecule has 1 aromatic carbocycles. The Morgan fingerprint density at radius 3 is 2.50 bits per heavy atom. The van der Waals surface area contributed by atoms with Gasteiger partial charge in [0, 0.05) is 11.8 Å². The summed E-state index contributed by atoms with van der Waals surface area (Å²) in [6.07, 6.45) is 0. The van der Waals surface area contributed by atoms with E-state index in [0.29, 0.717) is 5.69 Å². The molecule has 0 bridgehead atoms. The van der Waals surface area contributed by atoms with Crippen LogP contribution in [0.5, 0.6) is 0 Å². The molecule has 0 saturated carbocycles. The number of nitrogens with two attached hydrogens (primary N) is 1. The van der Waals surface area contributed by atoms with Gasteiger partial charge in [0.15, 0.2) is 0 Å². The van der Waals surface area contributed by atoms with Gasteiger partial charge in [0.1, 0.15) is 0 Å². The molecule has 1 amide bonds. The van der Waals surface area contributed by atoms with Crippen LogP contribution in [0.4, 0.5) is 24.5 Å². The van der Waals surface area contributed by atoms with Crippen molar-refractivity contribution in [2.24, 2.45) is 0 Å². The molecule has 0 saturated heterocycles. The Bertz CT molecular complexity index is 406. The molecular formula is C9H9F3N2OS. The Hall–Kier alpha value is -1.37. The summed E-state index contributed by atoms with van der Waals surface area (Å²) in [7, 11) is 0. The van der Waals surface area contributed by atoms with E-state index in [-0.39, 0.29) is 28.3 Å². The average Bonchev–Trinajstić information content (AvgIpc) is 2.06. The summed E-state index contributed by atoms with van der Waals surface area (Å²) in [6.45, 7) is 1.29. The Morgan fingerprint density at radius 2 is 2.06 bits per heavy atom. The van der Waals surface area contributed by atoms with E-state index >= 15 is 0 Å². The summed E-state index contributed by atoms with van der Waals surface area (Å²) in [6, 6.07) is 3.76. The highest BCUT2D eigenvalue weighted by Gasteiger charge is 2.29. The van der Waals surface area contributed by atoms with Gasteiger partial charge in [-0.25, -0.2) is 0 Å². The van der Waals surface area contributed by atoms with Crippen molar-refractivity contribution >= 4 is 29.0 Å². The summed E-state index contributed by atoms with van der Waals surface area (Å²) in [5, 5.41) is 2.41. The number of nitrogen functional groups attached to an aromatic ring is 1. The maximum absolute atomic E-state index is 12.0. The first-order valence-corrected chi connectivity index (χ1v) is 5.02. The lowest BCUT2D eigenvalue weighted by atomic mass is 10.2. The van der Waals surface area contributed by atoms with Gasteiger partial charge in [0.25, 0.3) is 0 Å². The first-order valence-electron chi connectivity index (χ1n) is 4.21. The van der Waals surface area contributed by atoms with E-state index in [1.54, 1.807) is 0 Å². The number of carbonyl (C=O) groups is 1. The fourth-order valence-corrected chi connectivity index (χ4v) is 1.63. The predicted molar refractivity (Wildman–Crippen MR) is 57.1 cm³/mol. The van der Waals surface area contributed by atoms with Crippen LogP contribution in [0.15, 0.2) is 23.1 Å². The van der Waals surface area contributed by atoms with Crippen molar-refractivity contribution in [1.29, 1.82) is 0 Å². The number of thioether (sulfide) groups is 1. The Kier molecular flexibility index (Phi) is 3.69. The SMILES string of the molecule is CC(=O)Nc1ccc(SC(F)(F)F)cc1N. The van der Waals surface area contributed by atoms with Gasteiger partial charge in [0.05, 0.1) is 11.4 Å². The molecule has 0 aliphatic heterocycles. The second-order valence-electron chi connectivity index (χ2n) is 2.98. The van der Waals surface area contributed by atoms with E-state index in [0.717, 1.165) is 0 Å².